The molecule has 0 unspecified atom stereocenters. The zero-order chi connectivity index (χ0) is 25.5. The van der Waals surface area contributed by atoms with Crippen molar-refractivity contribution in [3.63, 3.8) is 0 Å². The molecule has 1 fully saturated rings. The van der Waals surface area contributed by atoms with Gasteiger partial charge in [0, 0.05) is 43.3 Å². The molecule has 1 amide bonds. The molecule has 0 aliphatic carbocycles. The highest BCUT2D eigenvalue weighted by Crippen LogP contribution is 2.38. The Kier molecular flexibility index (Phi) is 5.75. The Morgan fingerprint density at radius 3 is 2.46 bits per heavy atom. The fourth-order valence-corrected chi connectivity index (χ4v) is 5.31. The van der Waals surface area contributed by atoms with Gasteiger partial charge in [-0.05, 0) is 48.7 Å². The number of pyridine rings is 1. The van der Waals surface area contributed by atoms with E-state index in [2.05, 4.69) is 9.88 Å². The molecule has 0 spiro atoms. The minimum absolute atomic E-state index is 0.00465. The van der Waals surface area contributed by atoms with Crippen LogP contribution >= 0.6 is 0 Å². The van der Waals surface area contributed by atoms with Crippen LogP contribution in [-0.4, -0.2) is 42.0 Å². The van der Waals surface area contributed by atoms with Gasteiger partial charge in [-0.2, -0.15) is 0 Å². The first-order valence-electron chi connectivity index (χ1n) is 12.5. The summed E-state index contributed by atoms with van der Waals surface area (Å²) in [7, 11) is 0. The zero-order valence-corrected chi connectivity index (χ0v) is 20.9. The first-order chi connectivity index (χ1) is 18.0. The largest absolute Gasteiger partial charge is 0.463 e. The lowest BCUT2D eigenvalue weighted by molar-refractivity contribution is -0.130. The molecule has 6 rings (SSSR count). The minimum atomic E-state index is -0.473. The van der Waals surface area contributed by atoms with E-state index < -0.39 is 5.63 Å². The van der Waals surface area contributed by atoms with Crippen LogP contribution in [0.2, 0.25) is 0 Å². The fraction of sp³-hybridized carbons (Fsp3) is 0.233. The van der Waals surface area contributed by atoms with E-state index in [9.17, 15) is 9.59 Å². The third-order valence-electron chi connectivity index (χ3n) is 7.30. The van der Waals surface area contributed by atoms with Gasteiger partial charge in [0.05, 0.1) is 23.6 Å². The number of aromatic nitrogens is 1. The molecule has 7 nitrogen and oxygen atoms in total. The van der Waals surface area contributed by atoms with E-state index in [1.807, 2.05) is 73.3 Å². The molecule has 7 heteroatoms. The number of carbonyl (C=O) groups is 1. The van der Waals surface area contributed by atoms with Crippen LogP contribution in [0.25, 0.3) is 33.1 Å². The number of carbonyl (C=O) groups excluding carboxylic acids is 1. The smallest absolute Gasteiger partial charge is 0.340 e. The van der Waals surface area contributed by atoms with E-state index in [-0.39, 0.29) is 12.3 Å². The SMILES string of the molecule is Cc1cc2oc(=O)c(CC(=O)N3CCN(c4ccccn4)CC3)c(C)c2c2occ(-c3ccccc3)c12. The summed E-state index contributed by atoms with van der Waals surface area (Å²) in [4.78, 5) is 34.6. The monoisotopic (exact) mass is 493 g/mol. The normalized spacial score (nSPS) is 14.0. The van der Waals surface area contributed by atoms with Gasteiger partial charge in [-0.3, -0.25) is 4.79 Å². The summed E-state index contributed by atoms with van der Waals surface area (Å²) in [6, 6.07) is 17.8. The lowest BCUT2D eigenvalue weighted by Gasteiger charge is -2.35. The lowest BCUT2D eigenvalue weighted by Crippen LogP contribution is -2.49. The summed E-state index contributed by atoms with van der Waals surface area (Å²) in [5.41, 5.74) is 4.79. The Morgan fingerprint density at radius 1 is 0.973 bits per heavy atom. The van der Waals surface area contributed by atoms with Crippen molar-refractivity contribution >= 4 is 33.7 Å². The van der Waals surface area contributed by atoms with Crippen molar-refractivity contribution in [2.45, 2.75) is 20.3 Å². The highest BCUT2D eigenvalue weighted by molar-refractivity contribution is 6.11. The summed E-state index contributed by atoms with van der Waals surface area (Å²) >= 11 is 0. The summed E-state index contributed by atoms with van der Waals surface area (Å²) < 4.78 is 11.8. The molecule has 37 heavy (non-hydrogen) atoms. The van der Waals surface area contributed by atoms with Crippen molar-refractivity contribution in [2.24, 2.45) is 0 Å². The topological polar surface area (TPSA) is 79.8 Å². The van der Waals surface area contributed by atoms with Crippen molar-refractivity contribution in [2.75, 3.05) is 31.1 Å². The molecule has 1 aliphatic rings. The van der Waals surface area contributed by atoms with Crippen LogP contribution < -0.4 is 10.5 Å². The van der Waals surface area contributed by atoms with Crippen LogP contribution in [-0.2, 0) is 11.2 Å². The Balaban J connectivity index is 1.32. The van der Waals surface area contributed by atoms with E-state index in [4.69, 9.17) is 8.83 Å². The van der Waals surface area contributed by atoms with Gasteiger partial charge in [0.15, 0.2) is 0 Å². The van der Waals surface area contributed by atoms with Crippen molar-refractivity contribution in [1.29, 1.82) is 0 Å². The number of piperazine rings is 1. The Bertz CT molecular complexity index is 1660. The van der Waals surface area contributed by atoms with Crippen LogP contribution in [0.1, 0.15) is 16.7 Å². The van der Waals surface area contributed by atoms with Crippen LogP contribution in [0.15, 0.2) is 80.7 Å². The van der Waals surface area contributed by atoms with Crippen molar-refractivity contribution in [3.8, 4) is 11.1 Å². The molecular weight excluding hydrogens is 466 g/mol. The molecule has 0 atom stereocenters. The average Bonchev–Trinajstić information content (AvgIpc) is 3.38. The molecule has 1 aliphatic heterocycles. The third-order valence-corrected chi connectivity index (χ3v) is 7.30. The van der Waals surface area contributed by atoms with Gasteiger partial charge in [-0.15, -0.1) is 0 Å². The molecule has 0 radical (unpaired) electrons. The van der Waals surface area contributed by atoms with Gasteiger partial charge in [0.25, 0.3) is 0 Å². The summed E-state index contributed by atoms with van der Waals surface area (Å²) in [6.07, 6.45) is 3.52. The number of benzene rings is 2. The number of amides is 1. The maximum atomic E-state index is 13.2. The second-order valence-corrected chi connectivity index (χ2v) is 9.51. The van der Waals surface area contributed by atoms with Gasteiger partial charge in [0.2, 0.25) is 5.91 Å². The number of furan rings is 1. The number of aryl methyl sites for hydroxylation is 2. The number of nitrogens with zero attached hydrogens (tertiary/aromatic N) is 3. The average molecular weight is 494 g/mol. The van der Waals surface area contributed by atoms with Crippen LogP contribution in [0, 0.1) is 13.8 Å². The Labute approximate surface area is 213 Å². The molecule has 4 heterocycles. The molecule has 0 N–H and O–H groups in total. The van der Waals surface area contributed by atoms with E-state index in [1.54, 1.807) is 12.5 Å². The number of rotatable bonds is 4. The second-order valence-electron chi connectivity index (χ2n) is 9.51. The quantitative estimate of drug-likeness (QED) is 0.324. The number of hydrogen-bond acceptors (Lipinski definition) is 6. The van der Waals surface area contributed by atoms with Gasteiger partial charge in [-0.1, -0.05) is 36.4 Å². The van der Waals surface area contributed by atoms with E-state index in [0.717, 1.165) is 38.8 Å². The zero-order valence-electron chi connectivity index (χ0n) is 20.9. The summed E-state index contributed by atoms with van der Waals surface area (Å²) in [6.45, 7) is 6.41. The summed E-state index contributed by atoms with van der Waals surface area (Å²) in [5.74, 6) is 0.830. The predicted octanol–water partition coefficient (Wildman–Crippen LogP) is 5.11. The predicted molar refractivity (Wildman–Crippen MR) is 144 cm³/mol. The van der Waals surface area contributed by atoms with Gasteiger partial charge in [-0.25, -0.2) is 9.78 Å². The van der Waals surface area contributed by atoms with Crippen LogP contribution in [0.5, 0.6) is 0 Å². The Morgan fingerprint density at radius 2 is 1.73 bits per heavy atom. The molecule has 186 valence electrons. The van der Waals surface area contributed by atoms with Crippen molar-refractivity contribution < 1.29 is 13.6 Å². The molecule has 0 bridgehead atoms. The number of anilines is 1. The summed E-state index contributed by atoms with van der Waals surface area (Å²) in [5, 5.41) is 1.73. The minimum Gasteiger partial charge on any atom is -0.463 e. The Hall–Kier alpha value is -4.39. The number of fused-ring (bicyclic) bond motifs is 3. The van der Waals surface area contributed by atoms with E-state index >= 15 is 0 Å². The van der Waals surface area contributed by atoms with Crippen LogP contribution in [0.3, 0.4) is 0 Å². The highest BCUT2D eigenvalue weighted by atomic mass is 16.4. The molecule has 2 aromatic carbocycles. The molecule has 0 saturated carbocycles. The van der Waals surface area contributed by atoms with Crippen molar-refractivity contribution in [1.82, 2.24) is 9.88 Å². The molecule has 1 saturated heterocycles. The molecular formula is C30H27N3O4. The maximum Gasteiger partial charge on any atom is 0.340 e. The van der Waals surface area contributed by atoms with Gasteiger partial charge in [0.1, 0.15) is 17.0 Å². The first-order valence-corrected chi connectivity index (χ1v) is 12.5. The van der Waals surface area contributed by atoms with Crippen LogP contribution in [0.4, 0.5) is 5.82 Å². The molecule has 3 aromatic heterocycles. The van der Waals surface area contributed by atoms with E-state index in [1.165, 1.54) is 0 Å². The molecule has 5 aromatic rings. The first kappa shape index (κ1) is 23.0. The van der Waals surface area contributed by atoms with Gasteiger partial charge >= 0.3 is 5.63 Å². The number of hydrogen-bond donors (Lipinski definition) is 0. The van der Waals surface area contributed by atoms with Crippen molar-refractivity contribution in [3.05, 3.63) is 94.2 Å². The fourth-order valence-electron chi connectivity index (χ4n) is 5.31. The van der Waals surface area contributed by atoms with E-state index in [0.29, 0.717) is 42.9 Å². The standard InChI is InChI=1S/C30H27N3O4/c1-19-16-24-28(29-27(19)23(18-36-29)21-8-4-3-5-9-21)20(2)22(30(35)37-24)17-26(34)33-14-12-32(13-15-33)25-10-6-7-11-31-25/h3-11,16,18H,12-15,17H2,1-2H3. The van der Waals surface area contributed by atoms with Gasteiger partial charge < -0.3 is 18.6 Å². The lowest BCUT2D eigenvalue weighted by atomic mass is 9.96. The maximum absolute atomic E-state index is 13.2. The third kappa shape index (κ3) is 4.06. The highest BCUT2D eigenvalue weighted by Gasteiger charge is 2.25. The second kappa shape index (κ2) is 9.24.